The molecule has 0 fully saturated rings. The van der Waals surface area contributed by atoms with Crippen molar-refractivity contribution < 1.29 is 4.79 Å². The molecule has 0 radical (unpaired) electrons. The molecule has 5 heterocycles. The van der Waals surface area contributed by atoms with Gasteiger partial charge in [-0.15, -0.1) is 0 Å². The lowest BCUT2D eigenvalue weighted by Gasteiger charge is -2.17. The van der Waals surface area contributed by atoms with Crippen LogP contribution in [0.2, 0.25) is 0 Å². The molecule has 0 unspecified atom stereocenters. The largest absolute Gasteiger partial charge is 0.336 e. The van der Waals surface area contributed by atoms with Crippen molar-refractivity contribution in [3.05, 3.63) is 73.3 Å². The van der Waals surface area contributed by atoms with Gasteiger partial charge in [-0.3, -0.25) is 24.8 Å². The van der Waals surface area contributed by atoms with Crippen molar-refractivity contribution >= 4 is 33.5 Å². The zero-order chi connectivity index (χ0) is 26.3. The molecule has 1 amide bonds. The molecule has 0 aliphatic rings. The van der Waals surface area contributed by atoms with Crippen LogP contribution in [0, 0.1) is 5.41 Å². The van der Waals surface area contributed by atoms with E-state index in [4.69, 9.17) is 4.98 Å². The van der Waals surface area contributed by atoms with Crippen molar-refractivity contribution in [3.8, 4) is 34.0 Å². The predicted octanol–water partition coefficient (Wildman–Crippen LogP) is 6.00. The van der Waals surface area contributed by atoms with Gasteiger partial charge in [-0.1, -0.05) is 32.9 Å². The Balaban J connectivity index is 1.36. The number of hydrogen-bond acceptors (Lipinski definition) is 6. The molecule has 0 atom stereocenters. The summed E-state index contributed by atoms with van der Waals surface area (Å²) in [6, 6.07) is 15.6. The second-order valence-corrected chi connectivity index (χ2v) is 10.4. The van der Waals surface area contributed by atoms with Crippen LogP contribution in [-0.2, 0) is 4.79 Å². The normalized spacial score (nSPS) is 11.8. The predicted molar refractivity (Wildman–Crippen MR) is 148 cm³/mol. The second kappa shape index (κ2) is 9.19. The Labute approximate surface area is 218 Å². The number of benzene rings is 1. The molecule has 1 aromatic carbocycles. The van der Waals surface area contributed by atoms with Crippen molar-refractivity contribution in [2.75, 3.05) is 5.32 Å². The number of nitrogens with one attached hydrogen (secondary N) is 3. The molecule has 0 aliphatic heterocycles. The molecule has 0 saturated heterocycles. The number of aromatic amines is 2. The van der Waals surface area contributed by atoms with E-state index in [1.807, 2.05) is 63.2 Å². The number of H-pyrrole nitrogens is 2. The highest BCUT2D eigenvalue weighted by atomic mass is 16.1. The maximum absolute atomic E-state index is 12.4. The molecule has 3 N–H and O–H groups in total. The monoisotopic (exact) mass is 502 g/mol. The zero-order valence-corrected chi connectivity index (χ0v) is 21.3. The maximum atomic E-state index is 12.4. The van der Waals surface area contributed by atoms with Crippen molar-refractivity contribution in [2.24, 2.45) is 5.41 Å². The number of aromatic nitrogens is 7. The highest BCUT2D eigenvalue weighted by Gasteiger charge is 2.18. The Kier molecular flexibility index (Phi) is 5.68. The van der Waals surface area contributed by atoms with Crippen LogP contribution < -0.4 is 5.32 Å². The van der Waals surface area contributed by atoms with Crippen molar-refractivity contribution in [2.45, 2.75) is 27.2 Å². The zero-order valence-electron chi connectivity index (χ0n) is 21.3. The van der Waals surface area contributed by atoms with Crippen molar-refractivity contribution in [1.82, 2.24) is 35.1 Å². The van der Waals surface area contributed by atoms with Crippen LogP contribution in [0.25, 0.3) is 56.0 Å². The quantitative estimate of drug-likeness (QED) is 0.265. The van der Waals surface area contributed by atoms with Crippen molar-refractivity contribution in [3.63, 3.8) is 0 Å². The molecule has 38 heavy (non-hydrogen) atoms. The highest BCUT2D eigenvalue weighted by Crippen LogP contribution is 2.32. The van der Waals surface area contributed by atoms with Gasteiger partial charge in [-0.25, -0.2) is 4.98 Å². The fourth-order valence-corrected chi connectivity index (χ4v) is 4.46. The van der Waals surface area contributed by atoms with Gasteiger partial charge in [-0.2, -0.15) is 5.10 Å². The van der Waals surface area contributed by atoms with Crippen LogP contribution in [0.1, 0.15) is 27.2 Å². The molecule has 0 spiro atoms. The molecule has 0 saturated carbocycles. The second-order valence-electron chi connectivity index (χ2n) is 10.4. The summed E-state index contributed by atoms with van der Waals surface area (Å²) in [7, 11) is 0. The van der Waals surface area contributed by atoms with Gasteiger partial charge < -0.3 is 10.3 Å². The smallest absolute Gasteiger partial charge is 0.224 e. The lowest BCUT2D eigenvalue weighted by atomic mass is 9.92. The number of carbonyl (C=O) groups excluding carboxylic acids is 1. The van der Waals surface area contributed by atoms with Gasteiger partial charge >= 0.3 is 0 Å². The SMILES string of the molecule is CC(C)(C)CC(=O)Nc1cncc(-c2ccc3[nH]nc(-c4nc5c(-c6ccccn6)nccc5[nH]4)c3c2)c1. The lowest BCUT2D eigenvalue weighted by molar-refractivity contribution is -0.117. The van der Waals surface area contributed by atoms with E-state index >= 15 is 0 Å². The van der Waals surface area contributed by atoms with E-state index in [2.05, 4.69) is 41.5 Å². The third-order valence-electron chi connectivity index (χ3n) is 6.14. The van der Waals surface area contributed by atoms with Gasteiger partial charge in [0, 0.05) is 36.0 Å². The number of imidazole rings is 1. The standard InChI is InChI=1S/C29H26N8O/c1-29(2,3)14-24(38)33-19-12-18(15-30-16-19)17-7-8-21-20(13-17)25(37-36-21)28-34-23-9-11-32-26(27(23)35-28)22-6-4-5-10-31-22/h4-13,15-16H,14H2,1-3H3,(H,33,38)(H,34,35)(H,36,37). The van der Waals surface area contributed by atoms with E-state index in [1.54, 1.807) is 24.8 Å². The first-order valence-corrected chi connectivity index (χ1v) is 12.3. The summed E-state index contributed by atoms with van der Waals surface area (Å²) in [6.07, 6.45) is 7.36. The van der Waals surface area contributed by atoms with Crippen LogP contribution in [-0.4, -0.2) is 41.0 Å². The van der Waals surface area contributed by atoms with E-state index in [9.17, 15) is 4.79 Å². The molecule has 0 bridgehead atoms. The van der Waals surface area contributed by atoms with Crippen LogP contribution in [0.3, 0.4) is 0 Å². The third-order valence-corrected chi connectivity index (χ3v) is 6.14. The van der Waals surface area contributed by atoms with Gasteiger partial charge in [0.05, 0.1) is 28.6 Å². The Morgan fingerprint density at radius 3 is 2.63 bits per heavy atom. The minimum absolute atomic E-state index is 0.0338. The van der Waals surface area contributed by atoms with E-state index in [0.29, 0.717) is 29.3 Å². The summed E-state index contributed by atoms with van der Waals surface area (Å²) in [5, 5.41) is 11.5. The minimum Gasteiger partial charge on any atom is -0.336 e. The minimum atomic E-state index is -0.0943. The Hall–Kier alpha value is -4.92. The fraction of sp³-hybridized carbons (Fsp3) is 0.172. The number of carbonyl (C=O) groups is 1. The van der Waals surface area contributed by atoms with E-state index < -0.39 is 0 Å². The average molecular weight is 503 g/mol. The van der Waals surface area contributed by atoms with Crippen molar-refractivity contribution in [1.29, 1.82) is 0 Å². The summed E-state index contributed by atoms with van der Waals surface area (Å²) < 4.78 is 0. The fourth-order valence-electron chi connectivity index (χ4n) is 4.46. The van der Waals surface area contributed by atoms with E-state index in [1.165, 1.54) is 0 Å². The van der Waals surface area contributed by atoms with E-state index in [-0.39, 0.29) is 11.3 Å². The van der Waals surface area contributed by atoms with Crippen LogP contribution in [0.5, 0.6) is 0 Å². The summed E-state index contributed by atoms with van der Waals surface area (Å²) in [6.45, 7) is 6.12. The average Bonchev–Trinajstić information content (AvgIpc) is 3.51. The van der Waals surface area contributed by atoms with Gasteiger partial charge in [0.15, 0.2) is 5.82 Å². The Bertz CT molecular complexity index is 1780. The molecule has 9 heteroatoms. The van der Waals surface area contributed by atoms with Crippen LogP contribution in [0.15, 0.2) is 73.3 Å². The highest BCUT2D eigenvalue weighted by molar-refractivity contribution is 5.97. The molecule has 188 valence electrons. The van der Waals surface area contributed by atoms with E-state index in [0.717, 1.165) is 38.8 Å². The van der Waals surface area contributed by atoms with Crippen LogP contribution in [0.4, 0.5) is 5.69 Å². The van der Waals surface area contributed by atoms with Crippen LogP contribution >= 0.6 is 0 Å². The molecule has 5 aromatic heterocycles. The number of fused-ring (bicyclic) bond motifs is 2. The molecule has 9 nitrogen and oxygen atoms in total. The molecule has 6 rings (SSSR count). The first-order chi connectivity index (χ1) is 18.3. The first-order valence-electron chi connectivity index (χ1n) is 12.3. The number of hydrogen-bond donors (Lipinski definition) is 3. The summed E-state index contributed by atoms with van der Waals surface area (Å²) >= 11 is 0. The number of anilines is 1. The lowest BCUT2D eigenvalue weighted by Crippen LogP contribution is -2.19. The molecule has 6 aromatic rings. The van der Waals surface area contributed by atoms with Gasteiger partial charge in [-0.05, 0) is 47.4 Å². The molecule has 0 aliphatic carbocycles. The Morgan fingerprint density at radius 1 is 0.921 bits per heavy atom. The number of amides is 1. The summed E-state index contributed by atoms with van der Waals surface area (Å²) in [5.74, 6) is 0.600. The van der Waals surface area contributed by atoms with Gasteiger partial charge in [0.25, 0.3) is 0 Å². The third kappa shape index (κ3) is 4.61. The van der Waals surface area contributed by atoms with Gasteiger partial charge in [0.2, 0.25) is 5.91 Å². The topological polar surface area (TPSA) is 125 Å². The van der Waals surface area contributed by atoms with Gasteiger partial charge in [0.1, 0.15) is 16.9 Å². The summed E-state index contributed by atoms with van der Waals surface area (Å²) in [4.78, 5) is 34.0. The molecular formula is C29H26N8O. The number of nitrogens with zero attached hydrogens (tertiary/aromatic N) is 5. The number of rotatable bonds is 5. The maximum Gasteiger partial charge on any atom is 0.224 e. The molecular weight excluding hydrogens is 476 g/mol. The Morgan fingerprint density at radius 2 is 1.82 bits per heavy atom. The summed E-state index contributed by atoms with van der Waals surface area (Å²) in [5.41, 5.74) is 7.05. The first kappa shape index (κ1) is 23.5. The number of pyridine rings is 3.